The Morgan fingerprint density at radius 2 is 0.392 bits per heavy atom. The minimum Gasteiger partial charge on any atom is -0.494 e. The van der Waals surface area contributed by atoms with Crippen LogP contribution in [-0.2, 0) is 0 Å². The van der Waals surface area contributed by atoms with Gasteiger partial charge in [-0.15, -0.1) is 0 Å². The smallest absolute Gasteiger partial charge is 0.119 e. The number of allylic oxidation sites excluding steroid dienone is 4. The number of hydrogen-bond acceptors (Lipinski definition) is 4. The van der Waals surface area contributed by atoms with Crippen LogP contribution in [0.2, 0.25) is 0 Å². The number of hydrogen-bond donors (Lipinski definition) is 0. The Morgan fingerprint density at radius 3 is 0.588 bits per heavy atom. The summed E-state index contributed by atoms with van der Waals surface area (Å²) in [6.07, 6.45) is 30.3. The monoisotopic (exact) mass is 1320 g/mol. The minimum absolute atomic E-state index is 0.614. The summed E-state index contributed by atoms with van der Waals surface area (Å²) >= 11 is 0. The van der Waals surface area contributed by atoms with Crippen molar-refractivity contribution in [3.63, 3.8) is 0 Å². The Balaban J connectivity index is 0.633. The number of anilines is 6. The van der Waals surface area contributed by atoms with Gasteiger partial charge in [0.2, 0.25) is 0 Å². The molecule has 13 aromatic carbocycles. The van der Waals surface area contributed by atoms with Gasteiger partial charge in [-0.3, -0.25) is 0 Å². The summed E-state index contributed by atoms with van der Waals surface area (Å²) in [5, 5.41) is 0. The lowest BCUT2D eigenvalue weighted by Crippen LogP contribution is -2.09. The molecule has 0 amide bonds. The first kappa shape index (κ1) is 67.5. The second-order valence-corrected chi connectivity index (χ2v) is 24.6. The molecule has 0 aliphatic rings. The average molecular weight is 1320 g/mol. The summed E-state index contributed by atoms with van der Waals surface area (Å²) < 4.78 is 11.7. The maximum Gasteiger partial charge on any atom is 0.119 e. The van der Waals surface area contributed by atoms with Gasteiger partial charge >= 0.3 is 0 Å². The topological polar surface area (TPSA) is 24.9 Å². The number of ether oxygens (including phenoxy) is 2. The maximum atomic E-state index is 5.84. The molecule has 0 atom stereocenters. The van der Waals surface area contributed by atoms with Gasteiger partial charge in [0.25, 0.3) is 0 Å². The quantitative estimate of drug-likeness (QED) is 0.0398. The predicted molar refractivity (Wildman–Crippen MR) is 438 cm³/mol. The molecule has 0 radical (unpaired) electrons. The third-order valence-electron chi connectivity index (χ3n) is 17.5. The van der Waals surface area contributed by atoms with Crippen LogP contribution in [0.1, 0.15) is 91.7 Å². The maximum absolute atomic E-state index is 5.84. The van der Waals surface area contributed by atoms with Crippen molar-refractivity contribution in [2.45, 2.75) is 13.8 Å². The molecular weight excluding hydrogens is 1240 g/mol. The number of nitrogens with zero attached hydrogens (tertiary/aromatic N) is 2. The van der Waals surface area contributed by atoms with E-state index in [2.05, 4.69) is 410 Å². The highest BCUT2D eigenvalue weighted by Crippen LogP contribution is 2.38. The summed E-state index contributed by atoms with van der Waals surface area (Å²) in [4.78, 5) is 4.57. The molecular formula is C98H80N2O2. The van der Waals surface area contributed by atoms with Gasteiger partial charge in [0, 0.05) is 34.1 Å². The van der Waals surface area contributed by atoms with Crippen molar-refractivity contribution >= 4 is 106 Å². The zero-order valence-corrected chi connectivity index (χ0v) is 57.5. The van der Waals surface area contributed by atoms with Crippen LogP contribution in [0.3, 0.4) is 0 Å². The molecule has 13 aromatic rings. The molecule has 4 heteroatoms. The summed E-state index contributed by atoms with van der Waals surface area (Å²) in [5.74, 6) is 1.69. The highest BCUT2D eigenvalue weighted by molar-refractivity contribution is 5.85. The van der Waals surface area contributed by atoms with Crippen LogP contribution in [0.5, 0.6) is 11.5 Å². The van der Waals surface area contributed by atoms with Gasteiger partial charge in [0.1, 0.15) is 11.5 Å². The first-order chi connectivity index (χ1) is 50.4. The molecule has 13 rings (SSSR count). The Kier molecular flexibility index (Phi) is 22.8. The van der Waals surface area contributed by atoms with E-state index in [9.17, 15) is 0 Å². The zero-order valence-electron chi connectivity index (χ0n) is 57.5. The van der Waals surface area contributed by atoms with Crippen LogP contribution >= 0.6 is 0 Å². The van der Waals surface area contributed by atoms with E-state index >= 15 is 0 Å². The summed E-state index contributed by atoms with van der Waals surface area (Å²) in [5.41, 5.74) is 24.7. The minimum atomic E-state index is 0.614. The zero-order chi connectivity index (χ0) is 69.3. The molecule has 0 N–H and O–H groups in total. The van der Waals surface area contributed by atoms with Crippen molar-refractivity contribution in [3.05, 3.63) is 442 Å². The van der Waals surface area contributed by atoms with Crippen molar-refractivity contribution in [1.29, 1.82) is 0 Å². The van der Waals surface area contributed by atoms with Crippen LogP contribution in [0.15, 0.2) is 364 Å². The Hall–Kier alpha value is -13.0. The van der Waals surface area contributed by atoms with Crippen molar-refractivity contribution < 1.29 is 9.47 Å². The molecule has 0 spiro atoms. The van der Waals surface area contributed by atoms with Gasteiger partial charge in [-0.05, 0) is 200 Å². The standard InChI is InChI=1S/C98H80N2O2/c1-3-101-95-71-67-93(68-72-95)99(89-59-51-81(52-60-89)47-43-77-35-31-75(32-36-77)19-17-29-97(85-21-9-5-10-22-85)86-23-11-6-12-24-86)91-63-55-83(56-64-91)49-45-79-39-41-80(42-40-79)46-50-84-57-65-92(66-58-84)100(94-69-73-96(74-70-94)102-4-2)90-61-53-82(54-62-90)48-44-78-37-33-76(34-38-78)20-18-30-98(87-25-13-7-14-26-87)88-27-15-8-16-28-88/h5-74H,3-4H2,1-2H3. The molecule has 102 heavy (non-hydrogen) atoms. The lowest BCUT2D eigenvalue weighted by atomic mass is 9.97. The fourth-order valence-corrected chi connectivity index (χ4v) is 12.2. The molecule has 0 heterocycles. The lowest BCUT2D eigenvalue weighted by molar-refractivity contribution is 0.340. The molecule has 0 aliphatic heterocycles. The van der Waals surface area contributed by atoms with E-state index in [0.717, 1.165) is 101 Å². The van der Waals surface area contributed by atoms with Gasteiger partial charge in [0.15, 0.2) is 0 Å². The molecule has 0 fully saturated rings. The van der Waals surface area contributed by atoms with Crippen molar-refractivity contribution in [1.82, 2.24) is 0 Å². The van der Waals surface area contributed by atoms with E-state index < -0.39 is 0 Å². The fourth-order valence-electron chi connectivity index (χ4n) is 12.2. The molecule has 0 aromatic heterocycles. The molecule has 0 aliphatic carbocycles. The van der Waals surface area contributed by atoms with E-state index in [0.29, 0.717) is 13.2 Å². The third kappa shape index (κ3) is 18.4. The van der Waals surface area contributed by atoms with E-state index in [-0.39, 0.29) is 0 Å². The summed E-state index contributed by atoms with van der Waals surface area (Å²) in [6, 6.07) is 120. The van der Waals surface area contributed by atoms with Crippen LogP contribution < -0.4 is 19.3 Å². The first-order valence-corrected chi connectivity index (χ1v) is 34.9. The number of rotatable bonds is 26. The molecule has 0 unspecified atom stereocenters. The van der Waals surface area contributed by atoms with Gasteiger partial charge < -0.3 is 19.3 Å². The Bertz CT molecular complexity index is 4630. The SMILES string of the molecule is CCOc1ccc(N(c2ccc(C=Cc3ccc(C=CC=C(c4ccccc4)c4ccccc4)cc3)cc2)c2ccc(C=Cc3ccc(C=Cc4ccc(N(c5ccc(C=Cc6ccc(C=CC=C(c7ccccc7)c7ccccc7)cc6)cc5)c5ccc(OCC)cc5)cc4)cc3)cc2)cc1. The molecule has 494 valence electrons. The lowest BCUT2D eigenvalue weighted by Gasteiger charge is -2.26. The van der Waals surface area contributed by atoms with Gasteiger partial charge in [-0.25, -0.2) is 0 Å². The second kappa shape index (κ2) is 34.5. The highest BCUT2D eigenvalue weighted by atomic mass is 16.5. The van der Waals surface area contributed by atoms with E-state index in [1.807, 2.05) is 38.1 Å². The van der Waals surface area contributed by atoms with Crippen molar-refractivity contribution in [2.24, 2.45) is 0 Å². The van der Waals surface area contributed by atoms with Crippen LogP contribution in [0, 0.1) is 0 Å². The fraction of sp³-hybridized carbons (Fsp3) is 0.0408. The largest absolute Gasteiger partial charge is 0.494 e. The predicted octanol–water partition coefficient (Wildman–Crippen LogP) is 26.4. The molecule has 4 nitrogen and oxygen atoms in total. The third-order valence-corrected chi connectivity index (χ3v) is 17.5. The molecule has 0 bridgehead atoms. The van der Waals surface area contributed by atoms with Crippen LogP contribution in [-0.4, -0.2) is 13.2 Å². The van der Waals surface area contributed by atoms with Crippen LogP contribution in [0.4, 0.5) is 34.1 Å². The van der Waals surface area contributed by atoms with Crippen LogP contribution in [0.25, 0.3) is 71.9 Å². The second-order valence-electron chi connectivity index (χ2n) is 24.6. The normalized spacial score (nSPS) is 11.5. The van der Waals surface area contributed by atoms with E-state index in [1.165, 1.54) is 33.4 Å². The average Bonchev–Trinajstić information content (AvgIpc) is 0.823. The molecule has 0 saturated heterocycles. The summed E-state index contributed by atoms with van der Waals surface area (Å²) in [6.45, 7) is 5.25. The van der Waals surface area contributed by atoms with Gasteiger partial charge in [-0.1, -0.05) is 328 Å². The van der Waals surface area contributed by atoms with Gasteiger partial charge in [0.05, 0.1) is 13.2 Å². The van der Waals surface area contributed by atoms with Crippen molar-refractivity contribution in [2.75, 3.05) is 23.0 Å². The molecule has 0 saturated carbocycles. The summed E-state index contributed by atoms with van der Waals surface area (Å²) in [7, 11) is 0. The highest BCUT2D eigenvalue weighted by Gasteiger charge is 2.16. The van der Waals surface area contributed by atoms with Crippen molar-refractivity contribution in [3.8, 4) is 11.5 Å². The van der Waals surface area contributed by atoms with E-state index in [4.69, 9.17) is 9.47 Å². The van der Waals surface area contributed by atoms with E-state index in [1.54, 1.807) is 0 Å². The Labute approximate surface area is 602 Å². The number of benzene rings is 13. The van der Waals surface area contributed by atoms with Gasteiger partial charge in [-0.2, -0.15) is 0 Å². The Morgan fingerprint density at radius 1 is 0.216 bits per heavy atom. The first-order valence-electron chi connectivity index (χ1n) is 34.9.